The van der Waals surface area contributed by atoms with Crippen LogP contribution in [0.2, 0.25) is 0 Å². The van der Waals surface area contributed by atoms with Gasteiger partial charge in [-0.2, -0.15) is 0 Å². The summed E-state index contributed by atoms with van der Waals surface area (Å²) >= 11 is 0. The topological polar surface area (TPSA) is 66.8 Å². The van der Waals surface area contributed by atoms with E-state index in [1.807, 2.05) is 0 Å². The second-order valence-electron chi connectivity index (χ2n) is 4.84. The zero-order valence-electron chi connectivity index (χ0n) is 11.7. The number of hydrogen-bond donors (Lipinski definition) is 2. The van der Waals surface area contributed by atoms with Crippen molar-refractivity contribution in [1.29, 1.82) is 0 Å². The SMILES string of the molecule is COC(=O)c1ccc(C#CC#C[C@H]2CC(O)[C@@H]2CO)cc1. The number of methoxy groups -OCH3 is 1. The first-order valence-electron chi connectivity index (χ1n) is 6.64. The van der Waals surface area contributed by atoms with E-state index in [9.17, 15) is 9.90 Å². The summed E-state index contributed by atoms with van der Waals surface area (Å²) in [5.74, 6) is 10.8. The first-order chi connectivity index (χ1) is 10.2. The molecule has 21 heavy (non-hydrogen) atoms. The van der Waals surface area contributed by atoms with Crippen LogP contribution in [0.3, 0.4) is 0 Å². The smallest absolute Gasteiger partial charge is 0.337 e. The third kappa shape index (κ3) is 3.64. The molecule has 0 heterocycles. The van der Waals surface area contributed by atoms with Crippen LogP contribution in [-0.2, 0) is 4.74 Å². The number of ether oxygens (including phenoxy) is 1. The molecule has 1 aromatic carbocycles. The lowest BCUT2D eigenvalue weighted by Crippen LogP contribution is -2.42. The van der Waals surface area contributed by atoms with Gasteiger partial charge >= 0.3 is 5.97 Å². The van der Waals surface area contributed by atoms with Gasteiger partial charge in [0.25, 0.3) is 0 Å². The van der Waals surface area contributed by atoms with Crippen LogP contribution < -0.4 is 0 Å². The molecule has 2 rings (SSSR count). The van der Waals surface area contributed by atoms with Crippen molar-refractivity contribution < 1.29 is 19.7 Å². The summed E-state index contributed by atoms with van der Waals surface area (Å²) < 4.78 is 4.61. The van der Waals surface area contributed by atoms with E-state index < -0.39 is 6.10 Å². The Bertz CT molecular complexity index is 625. The normalized spacial score (nSPS) is 22.9. The lowest BCUT2D eigenvalue weighted by Gasteiger charge is -2.37. The quantitative estimate of drug-likeness (QED) is 0.623. The minimum absolute atomic E-state index is 0.0148. The van der Waals surface area contributed by atoms with Crippen molar-refractivity contribution in [2.45, 2.75) is 12.5 Å². The Hall–Kier alpha value is -2.27. The highest BCUT2D eigenvalue weighted by molar-refractivity contribution is 5.89. The number of aliphatic hydroxyl groups is 2. The fourth-order valence-electron chi connectivity index (χ4n) is 2.14. The molecule has 0 radical (unpaired) electrons. The highest BCUT2D eigenvalue weighted by Gasteiger charge is 2.38. The van der Waals surface area contributed by atoms with Gasteiger partial charge in [0.05, 0.1) is 18.8 Å². The Balaban J connectivity index is 1.96. The minimum atomic E-state index is -0.451. The molecule has 1 unspecified atom stereocenters. The molecule has 1 saturated carbocycles. The van der Waals surface area contributed by atoms with Gasteiger partial charge in [-0.05, 0) is 42.5 Å². The third-order valence-electron chi connectivity index (χ3n) is 3.55. The number of benzene rings is 1. The van der Waals surface area contributed by atoms with Crippen molar-refractivity contribution in [1.82, 2.24) is 0 Å². The van der Waals surface area contributed by atoms with Crippen molar-refractivity contribution >= 4 is 5.97 Å². The maximum absolute atomic E-state index is 11.3. The second-order valence-corrected chi connectivity index (χ2v) is 4.84. The molecule has 1 aromatic rings. The second kappa shape index (κ2) is 6.95. The van der Waals surface area contributed by atoms with Crippen molar-refractivity contribution in [2.75, 3.05) is 13.7 Å². The lowest BCUT2D eigenvalue weighted by atomic mass is 9.72. The van der Waals surface area contributed by atoms with Crippen LogP contribution in [0.4, 0.5) is 0 Å². The number of esters is 1. The van der Waals surface area contributed by atoms with Crippen molar-refractivity contribution in [3.8, 4) is 23.7 Å². The molecule has 0 spiro atoms. The van der Waals surface area contributed by atoms with Crippen LogP contribution >= 0.6 is 0 Å². The molecule has 0 aromatic heterocycles. The average Bonchev–Trinajstić information content (AvgIpc) is 2.50. The van der Waals surface area contributed by atoms with Gasteiger partial charge in [0.15, 0.2) is 0 Å². The summed E-state index contributed by atoms with van der Waals surface area (Å²) in [6, 6.07) is 6.75. The summed E-state index contributed by atoms with van der Waals surface area (Å²) in [5.41, 5.74) is 1.23. The van der Waals surface area contributed by atoms with E-state index in [2.05, 4.69) is 28.4 Å². The molecule has 0 amide bonds. The molecule has 3 atom stereocenters. The van der Waals surface area contributed by atoms with Gasteiger partial charge in [-0.3, -0.25) is 0 Å². The number of aliphatic hydroxyl groups excluding tert-OH is 2. The Morgan fingerprint density at radius 3 is 2.62 bits per heavy atom. The Kier molecular flexibility index (Phi) is 5.00. The van der Waals surface area contributed by atoms with Crippen molar-refractivity contribution in [3.63, 3.8) is 0 Å². The number of carbonyl (C=O) groups is 1. The Labute approximate surface area is 123 Å². The van der Waals surface area contributed by atoms with Gasteiger partial charge in [0, 0.05) is 24.0 Å². The van der Waals surface area contributed by atoms with Gasteiger partial charge < -0.3 is 14.9 Å². The average molecular weight is 284 g/mol. The largest absolute Gasteiger partial charge is 0.465 e. The highest BCUT2D eigenvalue weighted by Crippen LogP contribution is 2.33. The maximum atomic E-state index is 11.3. The van der Waals surface area contributed by atoms with Crippen LogP contribution in [0.15, 0.2) is 24.3 Å². The van der Waals surface area contributed by atoms with Gasteiger partial charge in [-0.1, -0.05) is 11.8 Å². The van der Waals surface area contributed by atoms with E-state index in [1.165, 1.54) is 7.11 Å². The minimum Gasteiger partial charge on any atom is -0.465 e. The van der Waals surface area contributed by atoms with Crippen LogP contribution in [0.5, 0.6) is 0 Å². The molecule has 0 aliphatic heterocycles. The molecule has 0 saturated heterocycles. The number of hydrogen-bond acceptors (Lipinski definition) is 4. The molecule has 1 aliphatic rings. The first-order valence-corrected chi connectivity index (χ1v) is 6.64. The fourth-order valence-corrected chi connectivity index (χ4v) is 2.14. The van der Waals surface area contributed by atoms with Gasteiger partial charge in [0.2, 0.25) is 0 Å². The summed E-state index contributed by atoms with van der Waals surface area (Å²) in [5, 5.41) is 18.5. The standard InChI is InChI=1S/C17H16O4/c1-21-17(20)13-8-6-12(7-9-13)4-2-3-5-14-10-16(19)15(14)11-18/h6-9,14-16,18-19H,10-11H2,1H3/t14-,15+,16?/m0/s1. The van der Waals surface area contributed by atoms with E-state index in [0.717, 1.165) is 5.56 Å². The van der Waals surface area contributed by atoms with Crippen LogP contribution in [0.25, 0.3) is 0 Å². The molecule has 108 valence electrons. The van der Waals surface area contributed by atoms with E-state index in [4.69, 9.17) is 5.11 Å². The molecular formula is C17H16O4. The van der Waals surface area contributed by atoms with E-state index in [1.54, 1.807) is 24.3 Å². The number of rotatable bonds is 2. The summed E-state index contributed by atoms with van der Waals surface area (Å²) in [7, 11) is 1.34. The number of carbonyl (C=O) groups excluding carboxylic acids is 1. The predicted molar refractivity (Wildman–Crippen MR) is 77.1 cm³/mol. The molecule has 4 nitrogen and oxygen atoms in total. The Morgan fingerprint density at radius 1 is 1.33 bits per heavy atom. The van der Waals surface area contributed by atoms with Gasteiger partial charge in [-0.15, -0.1) is 0 Å². The van der Waals surface area contributed by atoms with Gasteiger partial charge in [0.1, 0.15) is 0 Å². The highest BCUT2D eigenvalue weighted by atomic mass is 16.5. The molecule has 0 bridgehead atoms. The molecule has 4 heteroatoms. The van der Waals surface area contributed by atoms with E-state index in [-0.39, 0.29) is 24.4 Å². The summed E-state index contributed by atoms with van der Waals surface area (Å²) in [4.78, 5) is 11.3. The van der Waals surface area contributed by atoms with Gasteiger partial charge in [-0.25, -0.2) is 4.79 Å². The monoisotopic (exact) mass is 284 g/mol. The zero-order chi connectivity index (χ0) is 15.2. The van der Waals surface area contributed by atoms with Crippen LogP contribution in [0, 0.1) is 35.5 Å². The molecule has 1 fully saturated rings. The summed E-state index contributed by atoms with van der Waals surface area (Å²) in [6.07, 6.45) is 0.140. The van der Waals surface area contributed by atoms with Crippen LogP contribution in [-0.4, -0.2) is 36.0 Å². The summed E-state index contributed by atoms with van der Waals surface area (Å²) in [6.45, 7) is -0.0526. The van der Waals surface area contributed by atoms with E-state index >= 15 is 0 Å². The lowest BCUT2D eigenvalue weighted by molar-refractivity contribution is -0.0372. The maximum Gasteiger partial charge on any atom is 0.337 e. The molecular weight excluding hydrogens is 268 g/mol. The van der Waals surface area contributed by atoms with Crippen molar-refractivity contribution in [2.24, 2.45) is 11.8 Å². The van der Waals surface area contributed by atoms with E-state index in [0.29, 0.717) is 12.0 Å². The van der Waals surface area contributed by atoms with Crippen molar-refractivity contribution in [3.05, 3.63) is 35.4 Å². The first kappa shape index (κ1) is 15.1. The molecule has 1 aliphatic carbocycles. The van der Waals surface area contributed by atoms with Crippen LogP contribution in [0.1, 0.15) is 22.3 Å². The molecule has 2 N–H and O–H groups in total. The third-order valence-corrected chi connectivity index (χ3v) is 3.55. The zero-order valence-corrected chi connectivity index (χ0v) is 11.7. The Morgan fingerprint density at radius 2 is 2.05 bits per heavy atom. The predicted octanol–water partition coefficient (Wildman–Crippen LogP) is 0.817. The fraction of sp³-hybridized carbons (Fsp3) is 0.353.